The zero-order chi connectivity index (χ0) is 21.7. The Morgan fingerprint density at radius 1 is 1.06 bits per heavy atom. The smallest absolute Gasteiger partial charge is 0.245 e. The minimum atomic E-state index is -0.266. The molecule has 2 bridgehead atoms. The molecular formula is C24H35N5O3. The van der Waals surface area contributed by atoms with Crippen molar-refractivity contribution < 1.29 is 14.3 Å². The number of fused-ring (bicyclic) bond motifs is 5. The number of amides is 2. The largest absolute Gasteiger partial charge is 0.381 e. The van der Waals surface area contributed by atoms with E-state index in [4.69, 9.17) is 4.74 Å². The number of hydrogen-bond donors (Lipinski definition) is 0. The van der Waals surface area contributed by atoms with E-state index in [1.165, 1.54) is 0 Å². The standard InChI is InChI=1S/C24H35N5O3/c30-22-5-1-4-21-17-10-18(12-26(11-17)7-3-9-28-8-2-6-25-28)23(29(21)22)24(31)27-13-19-15-32-16-20(19)14-27/h2,6,8,17-21,23H,1,3-5,7,9-16H2/t17-,18+,19-,20+,21-,23+/m0/s1. The summed E-state index contributed by atoms with van der Waals surface area (Å²) in [6.07, 6.45) is 8.61. The summed E-state index contributed by atoms with van der Waals surface area (Å²) in [7, 11) is 0. The maximum Gasteiger partial charge on any atom is 0.245 e. The first-order valence-corrected chi connectivity index (χ1v) is 12.5. The third-order valence-electron chi connectivity index (χ3n) is 8.64. The van der Waals surface area contributed by atoms with Crippen LogP contribution in [0.1, 0.15) is 32.1 Å². The van der Waals surface area contributed by atoms with E-state index in [0.717, 1.165) is 78.2 Å². The summed E-state index contributed by atoms with van der Waals surface area (Å²) in [5, 5.41) is 4.32. The van der Waals surface area contributed by atoms with E-state index >= 15 is 0 Å². The van der Waals surface area contributed by atoms with Crippen molar-refractivity contribution in [1.82, 2.24) is 24.5 Å². The maximum atomic E-state index is 13.9. The molecule has 0 spiro atoms. The fourth-order valence-corrected chi connectivity index (χ4v) is 7.20. The number of piperidine rings is 3. The van der Waals surface area contributed by atoms with E-state index in [2.05, 4.69) is 19.8 Å². The summed E-state index contributed by atoms with van der Waals surface area (Å²) < 4.78 is 7.61. The van der Waals surface area contributed by atoms with E-state index in [1.807, 2.05) is 23.1 Å². The van der Waals surface area contributed by atoms with E-state index < -0.39 is 0 Å². The van der Waals surface area contributed by atoms with Gasteiger partial charge in [-0.2, -0.15) is 5.10 Å². The molecule has 6 atom stereocenters. The van der Waals surface area contributed by atoms with Crippen LogP contribution >= 0.6 is 0 Å². The average molecular weight is 442 g/mol. The molecule has 5 aliphatic heterocycles. The lowest BCUT2D eigenvalue weighted by Gasteiger charge is -2.56. The van der Waals surface area contributed by atoms with Crippen LogP contribution in [0.3, 0.4) is 0 Å². The molecule has 6 heterocycles. The van der Waals surface area contributed by atoms with Crippen LogP contribution in [0.4, 0.5) is 0 Å². The minimum Gasteiger partial charge on any atom is -0.381 e. The van der Waals surface area contributed by atoms with Crippen LogP contribution in [-0.2, 0) is 20.9 Å². The van der Waals surface area contributed by atoms with E-state index in [1.54, 1.807) is 0 Å². The Labute approximate surface area is 189 Å². The topological polar surface area (TPSA) is 70.9 Å². The SMILES string of the molecule is O=C([C@H]1[C@@H]2C[C@@H](CN(CCCn3cccn3)C2)[C@@H]2CCCC(=O)N21)N1C[C@H]2COC[C@H]2C1. The number of nitrogens with zero attached hydrogens (tertiary/aromatic N) is 5. The lowest BCUT2D eigenvalue weighted by molar-refractivity contribution is -0.165. The molecule has 0 radical (unpaired) electrons. The van der Waals surface area contributed by atoms with E-state index in [-0.39, 0.29) is 29.8 Å². The van der Waals surface area contributed by atoms with Gasteiger partial charge < -0.3 is 19.4 Å². The molecule has 32 heavy (non-hydrogen) atoms. The second-order valence-electron chi connectivity index (χ2n) is 10.6. The highest BCUT2D eigenvalue weighted by Crippen LogP contribution is 2.43. The monoisotopic (exact) mass is 441 g/mol. The second kappa shape index (κ2) is 8.45. The van der Waals surface area contributed by atoms with Crippen LogP contribution in [-0.4, -0.2) is 94.3 Å². The number of hydrogen-bond acceptors (Lipinski definition) is 5. The van der Waals surface area contributed by atoms with Crippen LogP contribution in [0.25, 0.3) is 0 Å². The summed E-state index contributed by atoms with van der Waals surface area (Å²) in [6, 6.07) is 1.94. The minimum absolute atomic E-state index is 0.210. The Kier molecular flexibility index (Phi) is 5.45. The van der Waals surface area contributed by atoms with Gasteiger partial charge in [-0.3, -0.25) is 14.3 Å². The molecule has 0 saturated carbocycles. The number of aromatic nitrogens is 2. The summed E-state index contributed by atoms with van der Waals surface area (Å²) in [4.78, 5) is 33.6. The predicted molar refractivity (Wildman–Crippen MR) is 118 cm³/mol. The first kappa shape index (κ1) is 20.7. The number of likely N-dealkylation sites (tertiary alicyclic amines) is 2. The Hall–Kier alpha value is -1.93. The van der Waals surface area contributed by atoms with Gasteiger partial charge in [-0.15, -0.1) is 0 Å². The molecule has 8 nitrogen and oxygen atoms in total. The van der Waals surface area contributed by atoms with Gasteiger partial charge >= 0.3 is 0 Å². The highest BCUT2D eigenvalue weighted by atomic mass is 16.5. The molecule has 2 amide bonds. The molecule has 1 aromatic heterocycles. The summed E-state index contributed by atoms with van der Waals surface area (Å²) >= 11 is 0. The maximum absolute atomic E-state index is 13.9. The van der Waals surface area contributed by atoms with Crippen molar-refractivity contribution in [3.05, 3.63) is 18.5 Å². The van der Waals surface area contributed by atoms with Crippen LogP contribution in [0.5, 0.6) is 0 Å². The number of ether oxygens (including phenoxy) is 1. The molecule has 5 aliphatic rings. The fourth-order valence-electron chi connectivity index (χ4n) is 7.20. The normalized spacial score (nSPS) is 36.9. The summed E-state index contributed by atoms with van der Waals surface area (Å²) in [5.41, 5.74) is 0. The van der Waals surface area contributed by atoms with Gasteiger partial charge in [0.05, 0.1) is 13.2 Å². The molecule has 0 aromatic carbocycles. The number of aryl methyl sites for hydroxylation is 1. The van der Waals surface area contributed by atoms with Crippen molar-refractivity contribution in [1.29, 1.82) is 0 Å². The molecular weight excluding hydrogens is 406 g/mol. The van der Waals surface area contributed by atoms with Crippen LogP contribution < -0.4 is 0 Å². The van der Waals surface area contributed by atoms with Crippen molar-refractivity contribution in [2.24, 2.45) is 23.7 Å². The van der Waals surface area contributed by atoms with Gasteiger partial charge in [0.1, 0.15) is 6.04 Å². The summed E-state index contributed by atoms with van der Waals surface area (Å²) in [6.45, 7) is 7.09. The molecule has 0 unspecified atom stereocenters. The van der Waals surface area contributed by atoms with E-state index in [9.17, 15) is 9.59 Å². The lowest BCUT2D eigenvalue weighted by Crippen LogP contribution is -2.68. The van der Waals surface area contributed by atoms with Gasteiger partial charge in [0, 0.05) is 75.3 Å². The quantitative estimate of drug-likeness (QED) is 0.684. The van der Waals surface area contributed by atoms with Crippen LogP contribution in [0.15, 0.2) is 18.5 Å². The van der Waals surface area contributed by atoms with Crippen LogP contribution in [0, 0.1) is 23.7 Å². The number of rotatable bonds is 5. The fraction of sp³-hybridized carbons (Fsp3) is 0.792. The average Bonchev–Trinajstić information content (AvgIpc) is 3.52. The van der Waals surface area contributed by atoms with Gasteiger partial charge in [0.15, 0.2) is 0 Å². The molecule has 0 aliphatic carbocycles. The molecule has 5 fully saturated rings. The van der Waals surface area contributed by atoms with Crippen molar-refractivity contribution >= 4 is 11.8 Å². The van der Waals surface area contributed by atoms with Crippen molar-refractivity contribution in [2.45, 2.75) is 50.7 Å². The van der Waals surface area contributed by atoms with Crippen molar-refractivity contribution in [2.75, 3.05) is 45.9 Å². The van der Waals surface area contributed by atoms with Crippen molar-refractivity contribution in [3.63, 3.8) is 0 Å². The molecule has 5 saturated heterocycles. The molecule has 174 valence electrons. The lowest BCUT2D eigenvalue weighted by atomic mass is 9.71. The summed E-state index contributed by atoms with van der Waals surface area (Å²) in [5.74, 6) is 2.13. The molecule has 8 heteroatoms. The third-order valence-corrected chi connectivity index (χ3v) is 8.64. The first-order chi connectivity index (χ1) is 15.7. The van der Waals surface area contributed by atoms with Gasteiger partial charge in [0.25, 0.3) is 0 Å². The highest BCUT2D eigenvalue weighted by molar-refractivity contribution is 5.89. The number of carbonyl (C=O) groups excluding carboxylic acids is 2. The zero-order valence-corrected chi connectivity index (χ0v) is 18.8. The number of carbonyl (C=O) groups is 2. The highest BCUT2D eigenvalue weighted by Gasteiger charge is 2.53. The Bertz CT molecular complexity index is 833. The van der Waals surface area contributed by atoms with Gasteiger partial charge in [0.2, 0.25) is 11.8 Å². The predicted octanol–water partition coefficient (Wildman–Crippen LogP) is 1.08. The Morgan fingerprint density at radius 2 is 1.88 bits per heavy atom. The first-order valence-electron chi connectivity index (χ1n) is 12.5. The van der Waals surface area contributed by atoms with Gasteiger partial charge in [-0.1, -0.05) is 0 Å². The zero-order valence-electron chi connectivity index (χ0n) is 18.8. The second-order valence-corrected chi connectivity index (χ2v) is 10.6. The van der Waals surface area contributed by atoms with Crippen molar-refractivity contribution in [3.8, 4) is 0 Å². The molecule has 0 N–H and O–H groups in total. The van der Waals surface area contributed by atoms with Gasteiger partial charge in [-0.25, -0.2) is 0 Å². The molecule has 1 aromatic rings. The Balaban J connectivity index is 1.18. The Morgan fingerprint density at radius 3 is 2.66 bits per heavy atom. The van der Waals surface area contributed by atoms with Crippen LogP contribution in [0.2, 0.25) is 0 Å². The third kappa shape index (κ3) is 3.65. The van der Waals surface area contributed by atoms with E-state index in [0.29, 0.717) is 24.2 Å². The molecule has 6 rings (SSSR count). The van der Waals surface area contributed by atoms with Gasteiger partial charge in [-0.05, 0) is 44.2 Å².